The Morgan fingerprint density at radius 3 is 2.64 bits per heavy atom. The maximum Gasteiger partial charge on any atom is 0.161 e. The Morgan fingerprint density at radius 1 is 1.27 bits per heavy atom. The van der Waals surface area contributed by atoms with Crippen molar-refractivity contribution in [2.75, 3.05) is 0 Å². The van der Waals surface area contributed by atoms with E-state index in [0.29, 0.717) is 6.42 Å². The Labute approximate surface area is 135 Å². The molecule has 22 heavy (non-hydrogen) atoms. The van der Waals surface area contributed by atoms with Gasteiger partial charge in [0.05, 0.1) is 0 Å². The molecule has 0 saturated heterocycles. The number of carbonyl (C=O) groups excluding carboxylic acids is 1. The quantitative estimate of drug-likeness (QED) is 0.622. The highest BCUT2D eigenvalue weighted by Crippen LogP contribution is 2.46. The number of carbonyl (C=O) groups is 1. The fraction of sp³-hybridized carbons (Fsp3) is 0.526. The number of allylic oxidation sites excluding steroid dienone is 4. The normalized spacial score (nSPS) is 20.7. The summed E-state index contributed by atoms with van der Waals surface area (Å²) < 4.78 is 14.4. The van der Waals surface area contributed by atoms with Gasteiger partial charge in [-0.2, -0.15) is 0 Å². The second-order valence-corrected chi connectivity index (χ2v) is 8.53. The fourth-order valence-corrected chi connectivity index (χ4v) is 4.98. The minimum atomic E-state index is -0.149. The molecular weight excluding hydrogens is 295 g/mol. The van der Waals surface area contributed by atoms with Gasteiger partial charge in [0.15, 0.2) is 5.78 Å². The van der Waals surface area contributed by atoms with Gasteiger partial charge in [0.1, 0.15) is 5.83 Å². The number of hydrogen-bond donors (Lipinski definition) is 0. The Morgan fingerprint density at radius 2 is 2.00 bits per heavy atom. The van der Waals surface area contributed by atoms with Gasteiger partial charge in [-0.1, -0.05) is 19.4 Å². The van der Waals surface area contributed by atoms with E-state index in [9.17, 15) is 9.18 Å². The van der Waals surface area contributed by atoms with Crippen molar-refractivity contribution in [1.82, 2.24) is 0 Å². The third kappa shape index (κ3) is 2.71. The van der Waals surface area contributed by atoms with Crippen LogP contribution in [0.1, 0.15) is 72.6 Å². The van der Waals surface area contributed by atoms with Crippen LogP contribution in [-0.2, 0) is 12.8 Å². The molecule has 0 fully saturated rings. The van der Waals surface area contributed by atoms with E-state index in [1.807, 2.05) is 6.92 Å². The Balaban J connectivity index is 2.16. The molecule has 0 unspecified atom stereocenters. The molecule has 1 heterocycles. The minimum Gasteiger partial charge on any atom is -0.294 e. The van der Waals surface area contributed by atoms with Crippen molar-refractivity contribution in [1.29, 1.82) is 0 Å². The van der Waals surface area contributed by atoms with E-state index in [2.05, 4.69) is 13.8 Å². The van der Waals surface area contributed by atoms with E-state index in [0.717, 1.165) is 47.3 Å². The molecule has 3 heteroatoms. The van der Waals surface area contributed by atoms with Gasteiger partial charge >= 0.3 is 0 Å². The number of rotatable bonds is 2. The topological polar surface area (TPSA) is 17.1 Å². The van der Waals surface area contributed by atoms with Crippen molar-refractivity contribution in [3.63, 3.8) is 0 Å². The van der Waals surface area contributed by atoms with Gasteiger partial charge in [0.25, 0.3) is 0 Å². The van der Waals surface area contributed by atoms with Gasteiger partial charge < -0.3 is 0 Å². The molecule has 2 aliphatic rings. The highest BCUT2D eigenvalue weighted by molar-refractivity contribution is 7.13. The van der Waals surface area contributed by atoms with Crippen LogP contribution >= 0.6 is 11.3 Å². The second-order valence-electron chi connectivity index (χ2n) is 7.42. The van der Waals surface area contributed by atoms with Crippen LogP contribution in [0.15, 0.2) is 17.5 Å². The van der Waals surface area contributed by atoms with Crippen LogP contribution in [0.5, 0.6) is 0 Å². The Hall–Kier alpha value is -1.22. The van der Waals surface area contributed by atoms with Gasteiger partial charge in [-0.3, -0.25) is 4.79 Å². The SMILES string of the molecule is CC(=O)c1c(C2=C(F)C=C(C)CC2)sc2c1CC(C)(C)CC2. The summed E-state index contributed by atoms with van der Waals surface area (Å²) in [6, 6.07) is 0. The summed E-state index contributed by atoms with van der Waals surface area (Å²) in [7, 11) is 0. The summed E-state index contributed by atoms with van der Waals surface area (Å²) in [4.78, 5) is 14.5. The average molecular weight is 318 g/mol. The summed E-state index contributed by atoms with van der Waals surface area (Å²) in [5.41, 5.74) is 4.04. The molecule has 0 aliphatic heterocycles. The summed E-state index contributed by atoms with van der Waals surface area (Å²) in [5.74, 6) is -0.0686. The highest BCUT2D eigenvalue weighted by atomic mass is 32.1. The standard InChI is InChI=1S/C19H23FOS/c1-11-5-6-13(15(20)9-11)18-17(12(2)21)14-10-19(3,4)8-7-16(14)22-18/h9H,5-8,10H2,1-4H3. The Kier molecular flexibility index (Phi) is 3.88. The molecule has 3 rings (SSSR count). The van der Waals surface area contributed by atoms with Crippen molar-refractivity contribution >= 4 is 22.7 Å². The number of aryl methyl sites for hydroxylation is 1. The molecule has 1 nitrogen and oxygen atoms in total. The number of hydrogen-bond acceptors (Lipinski definition) is 2. The van der Waals surface area contributed by atoms with Crippen LogP contribution < -0.4 is 0 Å². The van der Waals surface area contributed by atoms with Crippen LogP contribution in [-0.4, -0.2) is 5.78 Å². The van der Waals surface area contributed by atoms with Crippen molar-refractivity contribution < 1.29 is 9.18 Å². The first-order valence-electron chi connectivity index (χ1n) is 8.00. The summed E-state index contributed by atoms with van der Waals surface area (Å²) in [6.07, 6.45) is 6.29. The first kappa shape index (κ1) is 15.7. The largest absolute Gasteiger partial charge is 0.294 e. The summed E-state index contributed by atoms with van der Waals surface area (Å²) >= 11 is 1.65. The number of fused-ring (bicyclic) bond motifs is 1. The second kappa shape index (κ2) is 5.45. The van der Waals surface area contributed by atoms with Crippen LogP contribution in [0.4, 0.5) is 4.39 Å². The molecule has 0 spiro atoms. The molecule has 2 aliphatic carbocycles. The summed E-state index contributed by atoms with van der Waals surface area (Å²) in [6.45, 7) is 8.09. The minimum absolute atomic E-state index is 0.0803. The maximum absolute atomic E-state index is 14.4. The van der Waals surface area contributed by atoms with E-state index in [4.69, 9.17) is 0 Å². The van der Waals surface area contributed by atoms with Gasteiger partial charge in [-0.15, -0.1) is 11.3 Å². The fourth-order valence-electron chi connectivity index (χ4n) is 3.54. The molecule has 0 N–H and O–H groups in total. The van der Waals surface area contributed by atoms with Crippen molar-refractivity contribution in [2.45, 2.75) is 59.8 Å². The van der Waals surface area contributed by atoms with E-state index < -0.39 is 0 Å². The lowest BCUT2D eigenvalue weighted by Gasteiger charge is -2.29. The van der Waals surface area contributed by atoms with Crippen molar-refractivity contribution in [3.05, 3.63) is 38.4 Å². The molecule has 0 amide bonds. The zero-order valence-electron chi connectivity index (χ0n) is 13.8. The number of thiophene rings is 1. The molecule has 0 saturated carbocycles. The van der Waals surface area contributed by atoms with Crippen molar-refractivity contribution in [2.24, 2.45) is 5.41 Å². The number of halogens is 1. The molecule has 0 radical (unpaired) electrons. The predicted octanol–water partition coefficient (Wildman–Crippen LogP) is 5.89. The first-order valence-corrected chi connectivity index (χ1v) is 8.82. The molecule has 0 bridgehead atoms. The number of Topliss-reactive ketones (excluding diaryl/α,β-unsaturated/α-hetero) is 1. The third-order valence-electron chi connectivity index (χ3n) is 4.83. The smallest absolute Gasteiger partial charge is 0.161 e. The van der Waals surface area contributed by atoms with Crippen LogP contribution in [0, 0.1) is 5.41 Å². The first-order chi connectivity index (χ1) is 10.3. The van der Waals surface area contributed by atoms with Gasteiger partial charge in [-0.25, -0.2) is 4.39 Å². The number of ketones is 1. The predicted molar refractivity (Wildman–Crippen MR) is 91.1 cm³/mol. The lowest BCUT2D eigenvalue weighted by Crippen LogP contribution is -2.22. The zero-order valence-corrected chi connectivity index (χ0v) is 14.6. The average Bonchev–Trinajstić information content (AvgIpc) is 2.75. The van der Waals surface area contributed by atoms with Gasteiger partial charge in [-0.05, 0) is 63.0 Å². The third-order valence-corrected chi connectivity index (χ3v) is 6.18. The maximum atomic E-state index is 14.4. The van der Waals surface area contributed by atoms with E-state index in [-0.39, 0.29) is 17.0 Å². The lowest BCUT2D eigenvalue weighted by atomic mass is 9.75. The highest BCUT2D eigenvalue weighted by Gasteiger charge is 2.33. The van der Waals surface area contributed by atoms with E-state index in [1.54, 1.807) is 24.3 Å². The van der Waals surface area contributed by atoms with Crippen molar-refractivity contribution in [3.8, 4) is 0 Å². The molecule has 1 aromatic rings. The van der Waals surface area contributed by atoms with Crippen LogP contribution in [0.3, 0.4) is 0 Å². The molecule has 0 atom stereocenters. The van der Waals surface area contributed by atoms with Gasteiger partial charge in [0.2, 0.25) is 0 Å². The van der Waals surface area contributed by atoms with E-state index >= 15 is 0 Å². The molecule has 118 valence electrons. The van der Waals surface area contributed by atoms with E-state index in [1.165, 1.54) is 10.4 Å². The molecular formula is C19H23FOS. The Bertz CT molecular complexity index is 703. The summed E-state index contributed by atoms with van der Waals surface area (Å²) in [5, 5.41) is 0. The van der Waals surface area contributed by atoms with Crippen LogP contribution in [0.2, 0.25) is 0 Å². The van der Waals surface area contributed by atoms with Gasteiger partial charge in [0, 0.05) is 20.9 Å². The lowest BCUT2D eigenvalue weighted by molar-refractivity contribution is 0.101. The zero-order chi connectivity index (χ0) is 16.1. The molecule has 1 aromatic heterocycles. The molecule has 0 aromatic carbocycles. The van der Waals surface area contributed by atoms with Crippen LogP contribution in [0.25, 0.3) is 5.57 Å². The monoisotopic (exact) mass is 318 g/mol.